The van der Waals surface area contributed by atoms with Crippen molar-refractivity contribution in [3.05, 3.63) is 108 Å². The lowest BCUT2D eigenvalue weighted by Crippen LogP contribution is -2.21. The van der Waals surface area contributed by atoms with E-state index in [2.05, 4.69) is 10.0 Å². The van der Waals surface area contributed by atoms with Crippen molar-refractivity contribution in [3.63, 3.8) is 0 Å². The summed E-state index contributed by atoms with van der Waals surface area (Å²) in [6, 6.07) is 23.0. The number of rotatable bonds is 8. The van der Waals surface area contributed by atoms with Crippen molar-refractivity contribution in [2.24, 2.45) is 0 Å². The maximum atomic E-state index is 13.4. The van der Waals surface area contributed by atoms with Crippen molar-refractivity contribution in [1.29, 1.82) is 0 Å². The van der Waals surface area contributed by atoms with Gasteiger partial charge in [-0.05, 0) is 53.4 Å². The Labute approximate surface area is 214 Å². The van der Waals surface area contributed by atoms with Gasteiger partial charge in [-0.3, -0.25) is 9.52 Å². The normalized spacial score (nSPS) is 12.6. The summed E-state index contributed by atoms with van der Waals surface area (Å²) >= 11 is 2.23. The average molecular weight is 549 g/mol. The van der Waals surface area contributed by atoms with Crippen LogP contribution < -0.4 is 10.0 Å². The Kier molecular flexibility index (Phi) is 7.72. The van der Waals surface area contributed by atoms with Crippen LogP contribution in [0.5, 0.6) is 0 Å². The molecule has 0 aliphatic heterocycles. The van der Waals surface area contributed by atoms with Gasteiger partial charge in [0.05, 0.1) is 11.3 Å². The molecule has 36 heavy (non-hydrogen) atoms. The van der Waals surface area contributed by atoms with Crippen molar-refractivity contribution in [1.82, 2.24) is 0 Å². The molecule has 0 aliphatic rings. The second-order valence-corrected chi connectivity index (χ2v) is 11.5. The van der Waals surface area contributed by atoms with E-state index in [0.29, 0.717) is 16.1 Å². The molecule has 0 aliphatic carbocycles. The average Bonchev–Trinajstić information content (AvgIpc) is 3.40. The molecule has 0 saturated heterocycles. The lowest BCUT2D eigenvalue weighted by atomic mass is 10.1. The Balaban J connectivity index is 1.55. The van der Waals surface area contributed by atoms with Gasteiger partial charge < -0.3 is 5.32 Å². The van der Waals surface area contributed by atoms with Gasteiger partial charge in [0.1, 0.15) is 9.46 Å². The summed E-state index contributed by atoms with van der Waals surface area (Å²) in [5.74, 6) is -0.620. The molecule has 1 amide bonds. The Morgan fingerprint density at radius 3 is 2.17 bits per heavy atom. The highest BCUT2D eigenvalue weighted by Gasteiger charge is 2.34. The fraction of sp³-hybridized carbons (Fsp3) is 0.0800. The van der Waals surface area contributed by atoms with Crippen LogP contribution in [0.25, 0.3) is 0 Å². The highest BCUT2D eigenvalue weighted by atomic mass is 32.2. The van der Waals surface area contributed by atoms with Crippen molar-refractivity contribution >= 4 is 50.4 Å². The van der Waals surface area contributed by atoms with Crippen LogP contribution in [-0.2, 0) is 21.0 Å². The zero-order chi connectivity index (χ0) is 25.8. The third-order valence-electron chi connectivity index (χ3n) is 4.95. The first-order valence-corrected chi connectivity index (χ1v) is 13.7. The van der Waals surface area contributed by atoms with Gasteiger partial charge >= 0.3 is 6.18 Å². The molecule has 0 fully saturated rings. The minimum absolute atomic E-state index is 0.181. The molecule has 4 aromatic rings. The summed E-state index contributed by atoms with van der Waals surface area (Å²) in [4.78, 5) is 13.8. The number of thioether (sulfide) groups is 1. The van der Waals surface area contributed by atoms with Crippen LogP contribution in [0, 0.1) is 0 Å². The summed E-state index contributed by atoms with van der Waals surface area (Å²) in [6.07, 6.45) is -4.62. The Hall–Kier alpha value is -3.28. The number of hydrogen-bond acceptors (Lipinski definition) is 5. The monoisotopic (exact) mass is 548 g/mol. The minimum atomic E-state index is -4.62. The van der Waals surface area contributed by atoms with E-state index in [9.17, 15) is 26.4 Å². The maximum Gasteiger partial charge on any atom is 0.418 e. The maximum absolute atomic E-state index is 13.4. The molecule has 11 heteroatoms. The van der Waals surface area contributed by atoms with Crippen LogP contribution in [0.3, 0.4) is 0 Å². The number of sulfonamides is 1. The van der Waals surface area contributed by atoms with Gasteiger partial charge in [-0.25, -0.2) is 8.42 Å². The zero-order valence-corrected chi connectivity index (χ0v) is 20.8. The number of thiophene rings is 1. The van der Waals surface area contributed by atoms with Crippen molar-refractivity contribution in [2.45, 2.75) is 20.5 Å². The topological polar surface area (TPSA) is 75.3 Å². The van der Waals surface area contributed by atoms with E-state index in [4.69, 9.17) is 0 Å². The highest BCUT2D eigenvalue weighted by Crippen LogP contribution is 2.39. The smallest absolute Gasteiger partial charge is 0.324 e. The number of carbonyl (C=O) groups excluding carboxylic acids is 1. The minimum Gasteiger partial charge on any atom is -0.324 e. The number of carbonyl (C=O) groups is 1. The van der Waals surface area contributed by atoms with Crippen molar-refractivity contribution < 1.29 is 26.4 Å². The molecule has 2 N–H and O–H groups in total. The van der Waals surface area contributed by atoms with Crippen LogP contribution in [-0.4, -0.2) is 14.3 Å². The molecule has 1 heterocycles. The first-order valence-electron chi connectivity index (χ1n) is 10.5. The van der Waals surface area contributed by atoms with Gasteiger partial charge in [-0.2, -0.15) is 13.2 Å². The molecule has 3 aromatic carbocycles. The molecule has 0 saturated carbocycles. The fourth-order valence-corrected chi connectivity index (χ4v) is 6.37. The second kappa shape index (κ2) is 10.8. The molecule has 1 unspecified atom stereocenters. The Bertz CT molecular complexity index is 1420. The predicted octanol–water partition coefficient (Wildman–Crippen LogP) is 7.04. The SMILES string of the molecule is O=C(Nc1ccccc1C(F)(F)F)C(Sc1ccc(NS(=O)(=O)c2cccs2)cc1)c1ccccc1. The van der Waals surface area contributed by atoms with E-state index < -0.39 is 32.9 Å². The molecule has 1 aromatic heterocycles. The quantitative estimate of drug-likeness (QED) is 0.232. The number of hydrogen-bond donors (Lipinski definition) is 2. The van der Waals surface area contributed by atoms with E-state index in [1.54, 1.807) is 66.0 Å². The van der Waals surface area contributed by atoms with Gasteiger partial charge in [0.25, 0.3) is 10.0 Å². The molecule has 0 bridgehead atoms. The first kappa shape index (κ1) is 25.8. The lowest BCUT2D eigenvalue weighted by Gasteiger charge is -2.19. The highest BCUT2D eigenvalue weighted by molar-refractivity contribution is 8.00. The number of halogens is 3. The number of benzene rings is 3. The van der Waals surface area contributed by atoms with Gasteiger partial charge in [0, 0.05) is 10.6 Å². The van der Waals surface area contributed by atoms with Crippen LogP contribution in [0.4, 0.5) is 24.5 Å². The summed E-state index contributed by atoms with van der Waals surface area (Å²) in [5, 5.41) is 3.23. The molecule has 0 spiro atoms. The van der Waals surface area contributed by atoms with Crippen molar-refractivity contribution in [2.75, 3.05) is 10.0 Å². The summed E-state index contributed by atoms with van der Waals surface area (Å²) in [5.41, 5.74) is -0.313. The molecule has 0 radical (unpaired) electrons. The van der Waals surface area contributed by atoms with Gasteiger partial charge in [0.15, 0.2) is 0 Å². The molecule has 5 nitrogen and oxygen atoms in total. The lowest BCUT2D eigenvalue weighted by molar-refractivity contribution is -0.137. The van der Waals surface area contributed by atoms with Crippen LogP contribution in [0.1, 0.15) is 16.4 Å². The third kappa shape index (κ3) is 6.28. The van der Waals surface area contributed by atoms with Gasteiger partial charge in [-0.1, -0.05) is 48.5 Å². The van der Waals surface area contributed by atoms with E-state index in [0.717, 1.165) is 29.2 Å². The van der Waals surface area contributed by atoms with Crippen LogP contribution in [0.2, 0.25) is 0 Å². The second-order valence-electron chi connectivity index (χ2n) is 7.50. The van der Waals surface area contributed by atoms with E-state index in [1.807, 2.05) is 0 Å². The molecular formula is C25H19F3N2O3S3. The summed E-state index contributed by atoms with van der Waals surface area (Å²) < 4.78 is 67.8. The first-order chi connectivity index (χ1) is 17.1. The Morgan fingerprint density at radius 1 is 0.861 bits per heavy atom. The molecule has 4 rings (SSSR count). The Morgan fingerprint density at radius 2 is 1.53 bits per heavy atom. The van der Waals surface area contributed by atoms with Gasteiger partial charge in [-0.15, -0.1) is 23.1 Å². The predicted molar refractivity (Wildman–Crippen MR) is 137 cm³/mol. The third-order valence-corrected chi connectivity index (χ3v) is 9.00. The van der Waals surface area contributed by atoms with Crippen molar-refractivity contribution in [3.8, 4) is 0 Å². The summed E-state index contributed by atoms with van der Waals surface area (Å²) in [6.45, 7) is 0. The van der Waals surface area contributed by atoms with Crippen LogP contribution in [0.15, 0.2) is 105 Å². The zero-order valence-electron chi connectivity index (χ0n) is 18.4. The van der Waals surface area contributed by atoms with E-state index in [-0.39, 0.29) is 9.90 Å². The molecule has 186 valence electrons. The fourth-order valence-electron chi connectivity index (χ4n) is 3.30. The van der Waals surface area contributed by atoms with E-state index >= 15 is 0 Å². The van der Waals surface area contributed by atoms with Gasteiger partial charge in [0.2, 0.25) is 5.91 Å². The standard InChI is InChI=1S/C25H19F3N2O3S3/c26-25(27,28)20-9-4-5-10-21(20)29-24(31)23(17-7-2-1-3-8-17)35-19-14-12-18(13-15-19)30-36(32,33)22-11-6-16-34-22/h1-16,23,30H,(H,29,31). The number of anilines is 2. The molecular weight excluding hydrogens is 529 g/mol. The van der Waals surface area contributed by atoms with E-state index in [1.165, 1.54) is 24.3 Å². The molecule has 1 atom stereocenters. The number of nitrogens with one attached hydrogen (secondary N) is 2. The number of alkyl halides is 3. The van der Waals surface area contributed by atoms with Crippen LogP contribution >= 0.6 is 23.1 Å². The largest absolute Gasteiger partial charge is 0.418 e. The number of para-hydroxylation sites is 1. The summed E-state index contributed by atoms with van der Waals surface area (Å²) in [7, 11) is -3.71. The number of amides is 1.